The summed E-state index contributed by atoms with van der Waals surface area (Å²) < 4.78 is 5.92. The summed E-state index contributed by atoms with van der Waals surface area (Å²) in [5, 5.41) is 1.01. The molecule has 1 amide bonds. The Labute approximate surface area is 171 Å². The molecule has 150 valence electrons. The second kappa shape index (κ2) is 8.52. The van der Waals surface area contributed by atoms with Gasteiger partial charge in [0.2, 0.25) is 0 Å². The summed E-state index contributed by atoms with van der Waals surface area (Å²) in [7, 11) is 1.76. The number of fused-ring (bicyclic) bond motifs is 1. The van der Waals surface area contributed by atoms with Crippen LogP contribution in [0.1, 0.15) is 26.2 Å². The van der Waals surface area contributed by atoms with Gasteiger partial charge in [-0.3, -0.25) is 4.79 Å². The number of nitrogens with zero attached hydrogens (tertiary/aromatic N) is 3. The molecule has 0 spiro atoms. The van der Waals surface area contributed by atoms with Gasteiger partial charge in [0.05, 0.1) is 0 Å². The van der Waals surface area contributed by atoms with Crippen molar-refractivity contribution in [2.45, 2.75) is 32.2 Å². The predicted octanol–water partition coefficient (Wildman–Crippen LogP) is 4.66. The highest BCUT2D eigenvalue weighted by Gasteiger charge is 2.20. The van der Waals surface area contributed by atoms with Gasteiger partial charge in [-0.15, -0.1) is 0 Å². The molecule has 1 aromatic heterocycles. The van der Waals surface area contributed by atoms with Crippen LogP contribution in [0.2, 0.25) is 0 Å². The minimum atomic E-state index is -0.103. The third-order valence-electron chi connectivity index (χ3n) is 5.63. The number of carbonyl (C=O) groups is 1. The van der Waals surface area contributed by atoms with Crippen molar-refractivity contribution in [1.29, 1.82) is 0 Å². The highest BCUT2D eigenvalue weighted by atomic mass is 16.5. The first-order valence-electron chi connectivity index (χ1n) is 10.2. The highest BCUT2D eigenvalue weighted by molar-refractivity contribution is 5.94. The number of benzene rings is 2. The van der Waals surface area contributed by atoms with E-state index in [0.29, 0.717) is 11.8 Å². The highest BCUT2D eigenvalue weighted by Crippen LogP contribution is 2.29. The Morgan fingerprint density at radius 2 is 1.93 bits per heavy atom. The number of hydrogen-bond acceptors (Lipinski definition) is 4. The Balaban J connectivity index is 1.54. The van der Waals surface area contributed by atoms with Crippen LogP contribution in [-0.2, 0) is 4.79 Å². The van der Waals surface area contributed by atoms with E-state index in [1.54, 1.807) is 11.9 Å². The van der Waals surface area contributed by atoms with E-state index in [9.17, 15) is 4.79 Å². The Morgan fingerprint density at radius 3 is 2.72 bits per heavy atom. The Bertz CT molecular complexity index is 990. The summed E-state index contributed by atoms with van der Waals surface area (Å²) in [5.74, 6) is 1.52. The van der Waals surface area contributed by atoms with Crippen LogP contribution in [0.4, 0.5) is 11.5 Å². The fourth-order valence-corrected chi connectivity index (χ4v) is 3.86. The number of likely N-dealkylation sites (N-methyl/N-ethyl adjacent to an activating group) is 1. The molecule has 0 radical (unpaired) electrons. The lowest BCUT2D eigenvalue weighted by atomic mass is 10.0. The molecule has 4 rings (SSSR count). The lowest BCUT2D eigenvalue weighted by Crippen LogP contribution is -2.37. The normalized spacial score (nSPS) is 16.6. The number of rotatable bonds is 5. The number of aromatic nitrogens is 1. The molecule has 0 aliphatic carbocycles. The maximum absolute atomic E-state index is 12.6. The van der Waals surface area contributed by atoms with Crippen molar-refractivity contribution in [2.24, 2.45) is 0 Å². The maximum atomic E-state index is 12.6. The second-order valence-electron chi connectivity index (χ2n) is 7.61. The molecule has 1 aliphatic rings. The second-order valence-corrected chi connectivity index (χ2v) is 7.61. The topological polar surface area (TPSA) is 45.7 Å². The van der Waals surface area contributed by atoms with Gasteiger partial charge >= 0.3 is 0 Å². The Hall–Kier alpha value is -3.08. The number of anilines is 2. The van der Waals surface area contributed by atoms with Gasteiger partial charge in [-0.25, -0.2) is 4.98 Å². The standard InChI is InChI=1S/C24H27N3O2/c1-18-9-6-7-16-27(18)22-15-14-19-10-8-13-21(24(19)25-22)29-17-23(28)26(2)20-11-4-3-5-12-20/h3-5,8,10-15,18H,6-7,9,16-17H2,1-2H3. The van der Waals surface area contributed by atoms with E-state index in [-0.39, 0.29) is 12.5 Å². The quantitative estimate of drug-likeness (QED) is 0.637. The average molecular weight is 389 g/mol. The predicted molar refractivity (Wildman–Crippen MR) is 118 cm³/mol. The first-order valence-corrected chi connectivity index (χ1v) is 10.2. The van der Waals surface area contributed by atoms with Crippen molar-refractivity contribution in [1.82, 2.24) is 4.98 Å². The van der Waals surface area contributed by atoms with Crippen molar-refractivity contribution in [3.05, 3.63) is 60.7 Å². The van der Waals surface area contributed by atoms with Gasteiger partial charge in [0.1, 0.15) is 17.1 Å². The summed E-state index contributed by atoms with van der Waals surface area (Å²) in [6.07, 6.45) is 3.66. The minimum absolute atomic E-state index is 0.0312. The van der Waals surface area contributed by atoms with Crippen LogP contribution in [0.15, 0.2) is 60.7 Å². The first kappa shape index (κ1) is 19.2. The van der Waals surface area contributed by atoms with Crippen molar-refractivity contribution in [3.8, 4) is 5.75 Å². The van der Waals surface area contributed by atoms with E-state index in [2.05, 4.69) is 24.0 Å². The molecule has 2 heterocycles. The summed E-state index contributed by atoms with van der Waals surface area (Å²) in [5.41, 5.74) is 1.65. The van der Waals surface area contributed by atoms with Gasteiger partial charge in [-0.2, -0.15) is 0 Å². The summed E-state index contributed by atoms with van der Waals surface area (Å²) in [6.45, 7) is 3.26. The zero-order valence-electron chi connectivity index (χ0n) is 17.0. The number of carbonyl (C=O) groups excluding carboxylic acids is 1. The van der Waals surface area contributed by atoms with Gasteiger partial charge in [0.25, 0.3) is 5.91 Å². The number of para-hydroxylation sites is 2. The Kier molecular flexibility index (Phi) is 5.65. The minimum Gasteiger partial charge on any atom is -0.481 e. The molecular weight excluding hydrogens is 362 g/mol. The molecule has 2 aromatic carbocycles. The molecule has 0 bridgehead atoms. The van der Waals surface area contributed by atoms with Crippen molar-refractivity contribution < 1.29 is 9.53 Å². The van der Waals surface area contributed by atoms with E-state index in [0.717, 1.165) is 29.0 Å². The number of hydrogen-bond donors (Lipinski definition) is 0. The van der Waals surface area contributed by atoms with Crippen LogP contribution in [0.3, 0.4) is 0 Å². The summed E-state index contributed by atoms with van der Waals surface area (Å²) in [4.78, 5) is 21.5. The van der Waals surface area contributed by atoms with E-state index in [1.807, 2.05) is 48.5 Å². The monoisotopic (exact) mass is 389 g/mol. The number of amides is 1. The number of piperidine rings is 1. The van der Waals surface area contributed by atoms with Gasteiger partial charge in [-0.1, -0.05) is 30.3 Å². The first-order chi connectivity index (χ1) is 14.1. The molecule has 1 saturated heterocycles. The van der Waals surface area contributed by atoms with Crippen LogP contribution >= 0.6 is 0 Å². The van der Waals surface area contributed by atoms with E-state index < -0.39 is 0 Å². The molecule has 3 aromatic rings. The zero-order chi connectivity index (χ0) is 20.2. The summed E-state index contributed by atoms with van der Waals surface area (Å²) >= 11 is 0. The molecular formula is C24H27N3O2. The van der Waals surface area contributed by atoms with Crippen LogP contribution in [0.25, 0.3) is 10.9 Å². The van der Waals surface area contributed by atoms with Crippen LogP contribution in [0, 0.1) is 0 Å². The largest absolute Gasteiger partial charge is 0.481 e. The van der Waals surface area contributed by atoms with Crippen LogP contribution < -0.4 is 14.5 Å². The van der Waals surface area contributed by atoms with Gasteiger partial charge in [0.15, 0.2) is 6.61 Å². The van der Waals surface area contributed by atoms with Crippen molar-refractivity contribution >= 4 is 28.3 Å². The fraction of sp³-hybridized carbons (Fsp3) is 0.333. The van der Waals surface area contributed by atoms with Crippen molar-refractivity contribution in [2.75, 3.05) is 30.0 Å². The van der Waals surface area contributed by atoms with E-state index in [1.165, 1.54) is 19.3 Å². The molecule has 1 aliphatic heterocycles. The smallest absolute Gasteiger partial charge is 0.264 e. The van der Waals surface area contributed by atoms with E-state index >= 15 is 0 Å². The van der Waals surface area contributed by atoms with E-state index in [4.69, 9.17) is 9.72 Å². The maximum Gasteiger partial charge on any atom is 0.264 e. The number of pyridine rings is 1. The summed E-state index contributed by atoms with van der Waals surface area (Å²) in [6, 6.07) is 20.1. The molecule has 5 heteroatoms. The molecule has 0 N–H and O–H groups in total. The molecule has 5 nitrogen and oxygen atoms in total. The fourth-order valence-electron chi connectivity index (χ4n) is 3.86. The van der Waals surface area contributed by atoms with Gasteiger partial charge in [0, 0.05) is 30.7 Å². The average Bonchev–Trinajstić information content (AvgIpc) is 2.77. The molecule has 1 unspecified atom stereocenters. The Morgan fingerprint density at radius 1 is 1.10 bits per heavy atom. The zero-order valence-corrected chi connectivity index (χ0v) is 17.0. The van der Waals surface area contributed by atoms with Gasteiger partial charge in [-0.05, 0) is 56.5 Å². The lowest BCUT2D eigenvalue weighted by Gasteiger charge is -2.34. The third-order valence-corrected chi connectivity index (χ3v) is 5.63. The third kappa shape index (κ3) is 4.19. The SMILES string of the molecule is CC1CCCCN1c1ccc2cccc(OCC(=O)N(C)c3ccccc3)c2n1. The van der Waals surface area contributed by atoms with Crippen LogP contribution in [-0.4, -0.2) is 37.1 Å². The van der Waals surface area contributed by atoms with Gasteiger partial charge < -0.3 is 14.5 Å². The molecule has 29 heavy (non-hydrogen) atoms. The molecule has 0 saturated carbocycles. The van der Waals surface area contributed by atoms with Crippen LogP contribution in [0.5, 0.6) is 5.75 Å². The number of ether oxygens (including phenoxy) is 1. The molecule has 1 fully saturated rings. The van der Waals surface area contributed by atoms with Crippen molar-refractivity contribution in [3.63, 3.8) is 0 Å². The molecule has 1 atom stereocenters. The lowest BCUT2D eigenvalue weighted by molar-refractivity contribution is -0.120.